The molecule has 0 aromatic heterocycles. The maximum Gasteiger partial charge on any atom is 0.318 e. The second kappa shape index (κ2) is 11.0. The van der Waals surface area contributed by atoms with Crippen LogP contribution in [0, 0.1) is 0 Å². The Kier molecular flexibility index (Phi) is 7.65. The van der Waals surface area contributed by atoms with Gasteiger partial charge < -0.3 is 29.2 Å². The van der Waals surface area contributed by atoms with E-state index in [1.807, 2.05) is 53.4 Å². The molecule has 184 valence electrons. The van der Waals surface area contributed by atoms with Crippen molar-refractivity contribution in [3.63, 3.8) is 0 Å². The molecular formula is C28H32N2O5. The van der Waals surface area contributed by atoms with Crippen molar-refractivity contribution in [3.8, 4) is 23.0 Å². The second-order valence-corrected chi connectivity index (χ2v) is 8.33. The molecule has 35 heavy (non-hydrogen) atoms. The smallest absolute Gasteiger partial charge is 0.318 e. The fourth-order valence-electron chi connectivity index (χ4n) is 4.61. The lowest BCUT2D eigenvalue weighted by molar-refractivity contribution is 0.180. The number of fused-ring (bicyclic) bond motifs is 1. The summed E-state index contributed by atoms with van der Waals surface area (Å²) in [6.07, 6.45) is 1.42. The van der Waals surface area contributed by atoms with Crippen LogP contribution in [0.25, 0.3) is 0 Å². The molecule has 2 amide bonds. The molecule has 1 aliphatic rings. The highest BCUT2D eigenvalue weighted by atomic mass is 16.5. The first kappa shape index (κ1) is 24.3. The van der Waals surface area contributed by atoms with E-state index in [1.54, 1.807) is 28.4 Å². The van der Waals surface area contributed by atoms with Crippen LogP contribution in [0.1, 0.15) is 28.3 Å². The van der Waals surface area contributed by atoms with Crippen LogP contribution in [-0.4, -0.2) is 52.5 Å². The van der Waals surface area contributed by atoms with Crippen molar-refractivity contribution in [3.05, 3.63) is 82.9 Å². The molecule has 0 aliphatic carbocycles. The second-order valence-electron chi connectivity index (χ2n) is 8.33. The lowest BCUT2D eigenvalue weighted by Crippen LogP contribution is -2.46. The summed E-state index contributed by atoms with van der Waals surface area (Å²) in [7, 11) is 6.50. The van der Waals surface area contributed by atoms with Gasteiger partial charge in [0, 0.05) is 13.1 Å². The Morgan fingerprint density at radius 1 is 0.857 bits per heavy atom. The third-order valence-corrected chi connectivity index (χ3v) is 6.39. The molecule has 1 heterocycles. The average Bonchev–Trinajstić information content (AvgIpc) is 2.91. The van der Waals surface area contributed by atoms with Crippen molar-refractivity contribution < 1.29 is 23.7 Å². The molecular weight excluding hydrogens is 444 g/mol. The van der Waals surface area contributed by atoms with Crippen molar-refractivity contribution in [1.29, 1.82) is 0 Å². The molecule has 0 bridgehead atoms. The monoisotopic (exact) mass is 476 g/mol. The van der Waals surface area contributed by atoms with Crippen molar-refractivity contribution >= 4 is 6.03 Å². The third kappa shape index (κ3) is 5.14. The zero-order valence-electron chi connectivity index (χ0n) is 20.7. The number of hydrogen-bond acceptors (Lipinski definition) is 5. The molecule has 0 fully saturated rings. The van der Waals surface area contributed by atoms with Gasteiger partial charge in [0.2, 0.25) is 0 Å². The summed E-state index contributed by atoms with van der Waals surface area (Å²) in [6.45, 7) is 1.11. The van der Waals surface area contributed by atoms with Crippen molar-refractivity contribution in [2.75, 3.05) is 41.5 Å². The minimum atomic E-state index is -0.221. The van der Waals surface area contributed by atoms with Crippen molar-refractivity contribution in [2.45, 2.75) is 18.9 Å². The number of rotatable bonds is 8. The van der Waals surface area contributed by atoms with E-state index in [0.29, 0.717) is 42.5 Å². The predicted molar refractivity (Wildman–Crippen MR) is 135 cm³/mol. The van der Waals surface area contributed by atoms with E-state index in [9.17, 15) is 4.79 Å². The lowest BCUT2D eigenvalue weighted by Gasteiger charge is -2.38. The van der Waals surface area contributed by atoms with E-state index in [2.05, 4.69) is 17.4 Å². The molecule has 0 unspecified atom stereocenters. The number of benzene rings is 3. The number of nitrogens with one attached hydrogen (secondary N) is 1. The SMILES string of the molecule is COc1ccc(CCNC(=O)N2CCc3cc(OC)c(OC)cc3[C@H]2c2ccccc2)cc1OC. The van der Waals surface area contributed by atoms with E-state index < -0.39 is 0 Å². The molecule has 7 heteroatoms. The zero-order valence-corrected chi connectivity index (χ0v) is 20.7. The number of carbonyl (C=O) groups is 1. The van der Waals surface area contributed by atoms with Crippen LogP contribution in [-0.2, 0) is 12.8 Å². The molecule has 0 radical (unpaired) electrons. The van der Waals surface area contributed by atoms with Crippen LogP contribution in [0.3, 0.4) is 0 Å². The highest BCUT2D eigenvalue weighted by Gasteiger charge is 2.33. The van der Waals surface area contributed by atoms with Gasteiger partial charge in [0.25, 0.3) is 0 Å². The number of hydrogen-bond donors (Lipinski definition) is 1. The van der Waals surface area contributed by atoms with E-state index >= 15 is 0 Å². The summed E-state index contributed by atoms with van der Waals surface area (Å²) in [4.78, 5) is 15.3. The van der Waals surface area contributed by atoms with Crippen LogP contribution in [0.15, 0.2) is 60.7 Å². The topological polar surface area (TPSA) is 69.3 Å². The number of carbonyl (C=O) groups excluding carboxylic acids is 1. The number of urea groups is 1. The standard InChI is InChI=1S/C28H32N2O5/c1-32-23-11-10-19(16-24(23)33-2)12-14-29-28(31)30-15-13-21-17-25(34-3)26(35-4)18-22(21)27(30)20-8-6-5-7-9-20/h5-11,16-18,27H,12-15H2,1-4H3,(H,29,31)/t27-/m1/s1. The van der Waals surface area contributed by atoms with Gasteiger partial charge in [-0.3, -0.25) is 0 Å². The number of nitrogens with zero attached hydrogens (tertiary/aromatic N) is 1. The van der Waals surface area contributed by atoms with Gasteiger partial charge in [-0.15, -0.1) is 0 Å². The molecule has 0 saturated heterocycles. The van der Waals surface area contributed by atoms with E-state index in [-0.39, 0.29) is 12.1 Å². The van der Waals surface area contributed by atoms with Crippen molar-refractivity contribution in [2.24, 2.45) is 0 Å². The van der Waals surface area contributed by atoms with Gasteiger partial charge in [-0.25, -0.2) is 4.79 Å². The van der Waals surface area contributed by atoms with Gasteiger partial charge >= 0.3 is 6.03 Å². The Balaban J connectivity index is 1.55. The van der Waals surface area contributed by atoms with Crippen molar-refractivity contribution in [1.82, 2.24) is 10.2 Å². The highest BCUT2D eigenvalue weighted by molar-refractivity contribution is 5.76. The van der Waals surface area contributed by atoms with E-state index in [1.165, 1.54) is 0 Å². The third-order valence-electron chi connectivity index (χ3n) is 6.39. The minimum Gasteiger partial charge on any atom is -0.493 e. The molecule has 0 saturated carbocycles. The van der Waals surface area contributed by atoms with Gasteiger partial charge in [-0.05, 0) is 59.4 Å². The fraction of sp³-hybridized carbons (Fsp3) is 0.321. The van der Waals surface area contributed by atoms with Gasteiger partial charge in [0.15, 0.2) is 23.0 Å². The fourth-order valence-corrected chi connectivity index (χ4v) is 4.61. The summed E-state index contributed by atoms with van der Waals surface area (Å²) < 4.78 is 21.8. The first-order valence-corrected chi connectivity index (χ1v) is 11.6. The first-order valence-electron chi connectivity index (χ1n) is 11.6. The quantitative estimate of drug-likeness (QED) is 0.514. The van der Waals surface area contributed by atoms with Gasteiger partial charge in [0.1, 0.15) is 0 Å². The molecule has 3 aromatic carbocycles. The molecule has 7 nitrogen and oxygen atoms in total. The minimum absolute atomic E-state index is 0.0974. The van der Waals surface area contributed by atoms with Crippen LogP contribution < -0.4 is 24.3 Å². The number of amides is 2. The Hall–Kier alpha value is -3.87. The molecule has 1 atom stereocenters. The van der Waals surface area contributed by atoms with Crippen LogP contribution in [0.2, 0.25) is 0 Å². The van der Waals surface area contributed by atoms with Crippen LogP contribution in [0.5, 0.6) is 23.0 Å². The van der Waals surface area contributed by atoms with Gasteiger partial charge in [-0.1, -0.05) is 36.4 Å². The number of ether oxygens (including phenoxy) is 4. The molecule has 0 spiro atoms. The predicted octanol–water partition coefficient (Wildman–Crippen LogP) is 4.62. The first-order chi connectivity index (χ1) is 17.1. The lowest BCUT2D eigenvalue weighted by atomic mass is 9.88. The summed E-state index contributed by atoms with van der Waals surface area (Å²) in [6, 6.07) is 19.6. The Morgan fingerprint density at radius 3 is 2.20 bits per heavy atom. The molecule has 4 rings (SSSR count). The average molecular weight is 477 g/mol. The number of methoxy groups -OCH3 is 4. The van der Waals surface area contributed by atoms with Crippen LogP contribution >= 0.6 is 0 Å². The summed E-state index contributed by atoms with van der Waals surface area (Å²) in [5.74, 6) is 2.72. The molecule has 3 aromatic rings. The Morgan fingerprint density at radius 2 is 1.51 bits per heavy atom. The normalized spacial score (nSPS) is 14.6. The molecule has 1 N–H and O–H groups in total. The maximum absolute atomic E-state index is 13.4. The van der Waals surface area contributed by atoms with E-state index in [4.69, 9.17) is 18.9 Å². The summed E-state index contributed by atoms with van der Waals surface area (Å²) in [5, 5.41) is 3.11. The Bertz CT molecular complexity index is 1170. The van der Waals surface area contributed by atoms with Crippen LogP contribution in [0.4, 0.5) is 4.79 Å². The molecule has 1 aliphatic heterocycles. The largest absolute Gasteiger partial charge is 0.493 e. The maximum atomic E-state index is 13.4. The Labute approximate surface area is 206 Å². The highest BCUT2D eigenvalue weighted by Crippen LogP contribution is 2.41. The van der Waals surface area contributed by atoms with Gasteiger partial charge in [0.05, 0.1) is 34.5 Å². The van der Waals surface area contributed by atoms with Gasteiger partial charge in [-0.2, -0.15) is 0 Å². The summed E-state index contributed by atoms with van der Waals surface area (Å²) >= 11 is 0. The van der Waals surface area contributed by atoms with E-state index in [0.717, 1.165) is 28.7 Å². The zero-order chi connectivity index (χ0) is 24.8. The summed E-state index contributed by atoms with van der Waals surface area (Å²) in [5.41, 5.74) is 4.32.